The molecule has 0 saturated heterocycles. The molecule has 0 spiro atoms. The van der Waals surface area contributed by atoms with Crippen LogP contribution in [0.25, 0.3) is 11.1 Å². The zero-order valence-corrected chi connectivity index (χ0v) is 13.7. The number of aryl methyl sites for hydroxylation is 1. The average Bonchev–Trinajstić information content (AvgIpc) is 2.67. The van der Waals surface area contributed by atoms with Crippen molar-refractivity contribution in [2.75, 3.05) is 0 Å². The predicted octanol–water partition coefficient (Wildman–Crippen LogP) is 4.02. The highest BCUT2D eigenvalue weighted by Crippen LogP contribution is 2.23. The van der Waals surface area contributed by atoms with Gasteiger partial charge in [0.25, 0.3) is 0 Å². The second-order valence-corrected chi connectivity index (χ2v) is 5.53. The van der Waals surface area contributed by atoms with Gasteiger partial charge in [-0.2, -0.15) is 0 Å². The Labute approximate surface area is 142 Å². The van der Waals surface area contributed by atoms with Crippen LogP contribution >= 0.6 is 0 Å². The summed E-state index contributed by atoms with van der Waals surface area (Å²) in [6.07, 6.45) is 3.84. The lowest BCUT2D eigenvalue weighted by Crippen LogP contribution is -2.32. The van der Waals surface area contributed by atoms with E-state index in [1.54, 1.807) is 0 Å². The van der Waals surface area contributed by atoms with Crippen molar-refractivity contribution in [3.63, 3.8) is 0 Å². The maximum atomic E-state index is 12.6. The van der Waals surface area contributed by atoms with Crippen LogP contribution in [0, 0.1) is 0 Å². The van der Waals surface area contributed by atoms with Crippen molar-refractivity contribution >= 4 is 5.97 Å². The van der Waals surface area contributed by atoms with Crippen molar-refractivity contribution in [3.05, 3.63) is 90.3 Å². The first kappa shape index (κ1) is 15.9. The van der Waals surface area contributed by atoms with Gasteiger partial charge in [0.05, 0.1) is 0 Å². The zero-order valence-electron chi connectivity index (χ0n) is 13.7. The lowest BCUT2D eigenvalue weighted by molar-refractivity contribution is -0.693. The Morgan fingerprint density at radius 3 is 2.29 bits per heavy atom. The number of nitrogens with zero attached hydrogens (tertiary/aromatic N) is 1. The molecule has 2 aromatic carbocycles. The molecule has 0 bridgehead atoms. The first-order valence-electron chi connectivity index (χ1n) is 8.07. The Morgan fingerprint density at radius 2 is 1.62 bits per heavy atom. The third kappa shape index (κ3) is 3.69. The molecular weight excluding hydrogens is 298 g/mol. The standard InChI is InChI=1S/C21H20NO2/c1-2-22-14-13-19(18-11-7-4-8-12-18)20(15-22)21(23)24-16-17-9-5-3-6-10-17/h3-15H,2,16H2,1H3/q+1. The summed E-state index contributed by atoms with van der Waals surface area (Å²) in [5.41, 5.74) is 3.46. The van der Waals surface area contributed by atoms with E-state index in [1.807, 2.05) is 90.6 Å². The molecular formula is C21H20NO2+. The molecule has 3 nitrogen and oxygen atoms in total. The first-order valence-corrected chi connectivity index (χ1v) is 8.07. The Morgan fingerprint density at radius 1 is 0.958 bits per heavy atom. The van der Waals surface area contributed by atoms with Crippen LogP contribution in [-0.4, -0.2) is 5.97 Å². The quantitative estimate of drug-likeness (QED) is 0.525. The number of carbonyl (C=O) groups excluding carboxylic acids is 1. The molecule has 0 atom stereocenters. The summed E-state index contributed by atoms with van der Waals surface area (Å²) < 4.78 is 7.50. The molecule has 0 fully saturated rings. The van der Waals surface area contributed by atoms with E-state index < -0.39 is 0 Å². The fourth-order valence-corrected chi connectivity index (χ4v) is 2.57. The molecule has 1 aromatic heterocycles. The number of pyridine rings is 1. The summed E-state index contributed by atoms with van der Waals surface area (Å²) in [5, 5.41) is 0. The van der Waals surface area contributed by atoms with Crippen molar-refractivity contribution in [1.29, 1.82) is 0 Å². The average molecular weight is 318 g/mol. The molecule has 3 rings (SSSR count). The number of benzene rings is 2. The maximum Gasteiger partial charge on any atom is 0.345 e. The van der Waals surface area contributed by atoms with Crippen LogP contribution in [0.5, 0.6) is 0 Å². The number of carbonyl (C=O) groups is 1. The highest BCUT2D eigenvalue weighted by Gasteiger charge is 2.19. The van der Waals surface area contributed by atoms with Crippen LogP contribution in [0.3, 0.4) is 0 Å². The van der Waals surface area contributed by atoms with Crippen molar-refractivity contribution in [2.45, 2.75) is 20.1 Å². The highest BCUT2D eigenvalue weighted by molar-refractivity contribution is 5.96. The molecule has 0 radical (unpaired) electrons. The van der Waals surface area contributed by atoms with E-state index in [9.17, 15) is 4.79 Å². The lowest BCUT2D eigenvalue weighted by Gasteiger charge is -2.09. The monoisotopic (exact) mass is 318 g/mol. The lowest BCUT2D eigenvalue weighted by atomic mass is 10.0. The van der Waals surface area contributed by atoms with Gasteiger partial charge in [-0.05, 0) is 18.1 Å². The van der Waals surface area contributed by atoms with Crippen LogP contribution in [0.15, 0.2) is 79.1 Å². The van der Waals surface area contributed by atoms with Gasteiger partial charge in [-0.3, -0.25) is 0 Å². The Kier molecular flexibility index (Phi) is 5.02. The molecule has 1 heterocycles. The number of rotatable bonds is 5. The molecule has 0 N–H and O–H groups in total. The second-order valence-electron chi connectivity index (χ2n) is 5.53. The van der Waals surface area contributed by atoms with E-state index >= 15 is 0 Å². The largest absolute Gasteiger partial charge is 0.457 e. The van der Waals surface area contributed by atoms with Crippen LogP contribution < -0.4 is 4.57 Å². The van der Waals surface area contributed by atoms with Gasteiger partial charge in [0.1, 0.15) is 18.7 Å². The Balaban J connectivity index is 1.88. The molecule has 0 saturated carbocycles. The smallest absolute Gasteiger partial charge is 0.345 e. The van der Waals surface area contributed by atoms with Gasteiger partial charge in [0.2, 0.25) is 0 Å². The van der Waals surface area contributed by atoms with Crippen LogP contribution in [-0.2, 0) is 17.9 Å². The van der Waals surface area contributed by atoms with E-state index in [1.165, 1.54) is 0 Å². The number of hydrogen-bond donors (Lipinski definition) is 0. The SMILES string of the molecule is CC[n+]1ccc(-c2ccccc2)c(C(=O)OCc2ccccc2)c1. The maximum absolute atomic E-state index is 12.6. The molecule has 0 aliphatic carbocycles. The van der Waals surface area contributed by atoms with Gasteiger partial charge in [-0.15, -0.1) is 0 Å². The van der Waals surface area contributed by atoms with Crippen LogP contribution in [0.4, 0.5) is 0 Å². The zero-order chi connectivity index (χ0) is 16.8. The summed E-state index contributed by atoms with van der Waals surface area (Å²) in [6, 6.07) is 21.6. The molecule has 3 heteroatoms. The summed E-state index contributed by atoms with van der Waals surface area (Å²) in [6.45, 7) is 3.12. The third-order valence-electron chi connectivity index (χ3n) is 3.90. The fraction of sp³-hybridized carbons (Fsp3) is 0.143. The highest BCUT2D eigenvalue weighted by atomic mass is 16.5. The van der Waals surface area contributed by atoms with Crippen molar-refractivity contribution in [2.24, 2.45) is 0 Å². The minimum absolute atomic E-state index is 0.273. The Hall–Kier alpha value is -2.94. The molecule has 0 unspecified atom stereocenters. The first-order chi connectivity index (χ1) is 11.8. The van der Waals surface area contributed by atoms with E-state index in [0.717, 1.165) is 23.2 Å². The fourth-order valence-electron chi connectivity index (χ4n) is 2.57. The second kappa shape index (κ2) is 7.55. The normalized spacial score (nSPS) is 10.4. The summed E-state index contributed by atoms with van der Waals surface area (Å²) in [7, 11) is 0. The van der Waals surface area contributed by atoms with Crippen LogP contribution in [0.1, 0.15) is 22.8 Å². The Bertz CT molecular complexity index is 814. The van der Waals surface area contributed by atoms with Gasteiger partial charge >= 0.3 is 5.97 Å². The number of hydrogen-bond acceptors (Lipinski definition) is 2. The van der Waals surface area contributed by atoms with E-state index in [0.29, 0.717) is 5.56 Å². The van der Waals surface area contributed by atoms with Gasteiger partial charge in [-0.1, -0.05) is 60.7 Å². The topological polar surface area (TPSA) is 30.2 Å². The minimum atomic E-state index is -0.305. The van der Waals surface area contributed by atoms with Gasteiger partial charge in [0, 0.05) is 11.6 Å². The van der Waals surface area contributed by atoms with Crippen molar-refractivity contribution in [3.8, 4) is 11.1 Å². The van der Waals surface area contributed by atoms with Crippen molar-refractivity contribution in [1.82, 2.24) is 0 Å². The van der Waals surface area contributed by atoms with E-state index in [2.05, 4.69) is 0 Å². The van der Waals surface area contributed by atoms with Gasteiger partial charge < -0.3 is 4.74 Å². The van der Waals surface area contributed by atoms with E-state index in [-0.39, 0.29) is 12.6 Å². The van der Waals surface area contributed by atoms with Gasteiger partial charge in [0.15, 0.2) is 12.4 Å². The molecule has 3 aromatic rings. The molecule has 0 aliphatic rings. The summed E-state index contributed by atoms with van der Waals surface area (Å²) >= 11 is 0. The third-order valence-corrected chi connectivity index (χ3v) is 3.90. The molecule has 120 valence electrons. The summed E-state index contributed by atoms with van der Waals surface area (Å²) in [5.74, 6) is -0.305. The predicted molar refractivity (Wildman–Crippen MR) is 93.3 cm³/mol. The number of aromatic nitrogens is 1. The van der Waals surface area contributed by atoms with Gasteiger partial charge in [-0.25, -0.2) is 9.36 Å². The molecule has 0 aliphatic heterocycles. The van der Waals surface area contributed by atoms with Crippen molar-refractivity contribution < 1.29 is 14.1 Å². The number of ether oxygens (including phenoxy) is 1. The molecule has 24 heavy (non-hydrogen) atoms. The number of esters is 1. The van der Waals surface area contributed by atoms with Crippen LogP contribution in [0.2, 0.25) is 0 Å². The minimum Gasteiger partial charge on any atom is -0.457 e. The van der Waals surface area contributed by atoms with E-state index in [4.69, 9.17) is 4.74 Å². The molecule has 0 amide bonds. The summed E-state index contributed by atoms with van der Waals surface area (Å²) in [4.78, 5) is 12.6.